The van der Waals surface area contributed by atoms with E-state index >= 15 is 0 Å². The Morgan fingerprint density at radius 1 is 1.39 bits per heavy atom. The van der Waals surface area contributed by atoms with Crippen molar-refractivity contribution >= 4 is 46.1 Å². The minimum absolute atomic E-state index is 0.0402. The van der Waals surface area contributed by atoms with Crippen LogP contribution in [-0.4, -0.2) is 4.99 Å². The van der Waals surface area contributed by atoms with Gasteiger partial charge in [-0.25, -0.2) is 0 Å². The minimum Gasteiger partial charge on any atom is -0.389 e. The smallest absolute Gasteiger partial charge is 0.116 e. The van der Waals surface area contributed by atoms with Crippen molar-refractivity contribution in [1.29, 1.82) is 5.26 Å². The lowest BCUT2D eigenvalue weighted by Gasteiger charge is -2.11. The van der Waals surface area contributed by atoms with Crippen molar-refractivity contribution in [3.8, 4) is 6.07 Å². The molecule has 0 radical (unpaired) electrons. The van der Waals surface area contributed by atoms with Gasteiger partial charge in [0.25, 0.3) is 0 Å². The van der Waals surface area contributed by atoms with E-state index in [-0.39, 0.29) is 10.6 Å². The molecule has 1 rings (SSSR count). The van der Waals surface area contributed by atoms with Gasteiger partial charge >= 0.3 is 0 Å². The molecule has 0 bridgehead atoms. The van der Waals surface area contributed by atoms with Gasteiger partial charge in [0.2, 0.25) is 0 Å². The van der Waals surface area contributed by atoms with E-state index in [2.05, 4.69) is 10.9 Å². The fourth-order valence-corrected chi connectivity index (χ4v) is 1.62. The molecule has 0 aliphatic rings. The van der Waals surface area contributed by atoms with Gasteiger partial charge in [0.1, 0.15) is 16.6 Å². The van der Waals surface area contributed by atoms with Crippen LogP contribution in [0.5, 0.6) is 0 Å². The Balaban J connectivity index is 2.79. The third-order valence-electron chi connectivity index (χ3n) is 2.05. The summed E-state index contributed by atoms with van der Waals surface area (Å²) >= 11 is 16.4. The first-order valence-electron chi connectivity index (χ1n) is 4.83. The third-order valence-corrected chi connectivity index (χ3v) is 2.99. The molecular weight excluding hydrogens is 291 g/mol. The first kappa shape index (κ1) is 14.6. The maximum atomic E-state index is 8.86. The van der Waals surface area contributed by atoms with Crippen LogP contribution in [0.2, 0.25) is 10.0 Å². The number of anilines is 1. The summed E-state index contributed by atoms with van der Waals surface area (Å²) in [6, 6.07) is 6.97. The minimum atomic E-state index is 0.0402. The lowest BCUT2D eigenvalue weighted by atomic mass is 10.2. The maximum Gasteiger partial charge on any atom is 0.116 e. The van der Waals surface area contributed by atoms with Gasteiger partial charge in [0.15, 0.2) is 0 Å². The highest BCUT2D eigenvalue weighted by Crippen LogP contribution is 2.24. The quantitative estimate of drug-likeness (QED) is 0.345. The topological polar surface area (TPSA) is 73.9 Å². The highest BCUT2D eigenvalue weighted by molar-refractivity contribution is 7.80. The summed E-state index contributed by atoms with van der Waals surface area (Å²) in [5.74, 6) is 0. The van der Waals surface area contributed by atoms with Crippen LogP contribution in [0.15, 0.2) is 29.5 Å². The highest BCUT2D eigenvalue weighted by Gasteiger charge is 2.05. The SMILES string of the molecule is C/C(NNc1ccc(Cl)c(Cl)c1)=C(\C#N)C(N)=S. The van der Waals surface area contributed by atoms with Gasteiger partial charge in [-0.3, -0.25) is 0 Å². The molecule has 0 atom stereocenters. The molecule has 4 N–H and O–H groups in total. The average molecular weight is 301 g/mol. The van der Waals surface area contributed by atoms with Crippen molar-refractivity contribution in [2.24, 2.45) is 5.73 Å². The Hall–Kier alpha value is -1.48. The van der Waals surface area contributed by atoms with E-state index in [1.165, 1.54) is 0 Å². The summed E-state index contributed by atoms with van der Waals surface area (Å²) in [5.41, 5.74) is 12.5. The van der Waals surface area contributed by atoms with Gasteiger partial charge in [-0.15, -0.1) is 0 Å². The Kier molecular flexibility index (Phi) is 5.23. The summed E-state index contributed by atoms with van der Waals surface area (Å²) in [5, 5.41) is 9.76. The number of rotatable bonds is 4. The fourth-order valence-electron chi connectivity index (χ4n) is 1.13. The van der Waals surface area contributed by atoms with Crippen molar-refractivity contribution in [2.45, 2.75) is 6.92 Å². The normalized spacial score (nSPS) is 11.2. The molecule has 1 aromatic carbocycles. The third kappa shape index (κ3) is 3.77. The summed E-state index contributed by atoms with van der Waals surface area (Å²) < 4.78 is 0. The zero-order chi connectivity index (χ0) is 13.7. The predicted molar refractivity (Wildman–Crippen MR) is 78.3 cm³/mol. The van der Waals surface area contributed by atoms with E-state index in [0.29, 0.717) is 21.4 Å². The zero-order valence-corrected chi connectivity index (χ0v) is 11.7. The van der Waals surface area contributed by atoms with Crippen molar-refractivity contribution in [2.75, 3.05) is 5.43 Å². The number of nitrogens with one attached hydrogen (secondary N) is 2. The first-order valence-corrected chi connectivity index (χ1v) is 6.00. The molecule has 0 amide bonds. The van der Waals surface area contributed by atoms with Crippen molar-refractivity contribution in [3.63, 3.8) is 0 Å². The number of hydrogen-bond donors (Lipinski definition) is 3. The van der Waals surface area contributed by atoms with E-state index in [9.17, 15) is 0 Å². The first-order chi connectivity index (χ1) is 8.45. The van der Waals surface area contributed by atoms with Crippen molar-refractivity contribution in [1.82, 2.24) is 5.43 Å². The lowest BCUT2D eigenvalue weighted by Crippen LogP contribution is -2.24. The van der Waals surface area contributed by atoms with E-state index in [4.69, 9.17) is 46.4 Å². The van der Waals surface area contributed by atoms with Crippen LogP contribution >= 0.6 is 35.4 Å². The molecule has 18 heavy (non-hydrogen) atoms. The van der Waals surface area contributed by atoms with Gasteiger partial charge in [-0.1, -0.05) is 35.4 Å². The van der Waals surface area contributed by atoms with Crippen LogP contribution in [0.25, 0.3) is 0 Å². The van der Waals surface area contributed by atoms with E-state index < -0.39 is 0 Å². The van der Waals surface area contributed by atoms with Crippen LogP contribution < -0.4 is 16.6 Å². The Morgan fingerprint density at radius 2 is 2.06 bits per heavy atom. The second kappa shape index (κ2) is 6.45. The number of hydrogen-bond acceptors (Lipinski definition) is 4. The molecule has 1 aromatic rings. The predicted octanol–water partition coefficient (Wildman–Crippen LogP) is 2.99. The van der Waals surface area contributed by atoms with Crippen molar-refractivity contribution < 1.29 is 0 Å². The number of nitrogens with zero attached hydrogens (tertiary/aromatic N) is 1. The fraction of sp³-hybridized carbons (Fsp3) is 0.0909. The van der Waals surface area contributed by atoms with Crippen LogP contribution in [0.1, 0.15) is 6.92 Å². The van der Waals surface area contributed by atoms with Crippen molar-refractivity contribution in [3.05, 3.63) is 39.5 Å². The number of nitriles is 1. The summed E-state index contributed by atoms with van der Waals surface area (Å²) in [6.45, 7) is 1.68. The number of thiocarbonyl (C=S) groups is 1. The Labute approximate surface area is 120 Å². The highest BCUT2D eigenvalue weighted by atomic mass is 35.5. The molecule has 0 unspecified atom stereocenters. The lowest BCUT2D eigenvalue weighted by molar-refractivity contribution is 0.955. The molecular formula is C11H10Cl2N4S. The molecule has 94 valence electrons. The van der Waals surface area contributed by atoms with Gasteiger partial charge in [-0.05, 0) is 25.1 Å². The monoisotopic (exact) mass is 300 g/mol. The molecule has 4 nitrogen and oxygen atoms in total. The second-order valence-corrected chi connectivity index (χ2v) is 4.61. The Morgan fingerprint density at radius 3 is 2.56 bits per heavy atom. The van der Waals surface area contributed by atoms with E-state index in [0.717, 1.165) is 0 Å². The Bertz CT molecular complexity index is 548. The number of nitrogens with two attached hydrogens (primary N) is 1. The molecule has 0 aliphatic heterocycles. The number of halogens is 2. The summed E-state index contributed by atoms with van der Waals surface area (Å²) in [4.78, 5) is 0.0402. The molecule has 0 spiro atoms. The molecule has 0 saturated carbocycles. The molecule has 0 aliphatic carbocycles. The zero-order valence-electron chi connectivity index (χ0n) is 9.42. The molecule has 0 saturated heterocycles. The summed E-state index contributed by atoms with van der Waals surface area (Å²) in [7, 11) is 0. The van der Waals surface area contributed by atoms with Gasteiger partial charge in [-0.2, -0.15) is 5.26 Å². The van der Waals surface area contributed by atoms with Crippen LogP contribution in [-0.2, 0) is 0 Å². The van der Waals surface area contributed by atoms with E-state index in [1.807, 2.05) is 6.07 Å². The number of hydrazine groups is 1. The molecule has 7 heteroatoms. The molecule has 0 fully saturated rings. The molecule has 0 heterocycles. The van der Waals surface area contributed by atoms with E-state index in [1.54, 1.807) is 25.1 Å². The van der Waals surface area contributed by atoms with Crippen LogP contribution in [0.3, 0.4) is 0 Å². The van der Waals surface area contributed by atoms with Crippen LogP contribution in [0, 0.1) is 11.3 Å². The summed E-state index contributed by atoms with van der Waals surface area (Å²) in [6.07, 6.45) is 0. The number of allylic oxidation sites excluding steroid dienone is 1. The average Bonchev–Trinajstić information content (AvgIpc) is 2.31. The maximum absolute atomic E-state index is 8.86. The van der Waals surface area contributed by atoms with Gasteiger partial charge in [0.05, 0.1) is 15.7 Å². The molecule has 0 aromatic heterocycles. The van der Waals surface area contributed by atoms with Gasteiger partial charge < -0.3 is 16.6 Å². The van der Waals surface area contributed by atoms with Crippen LogP contribution in [0.4, 0.5) is 5.69 Å². The standard InChI is InChI=1S/C11H10Cl2N4S/c1-6(8(5-14)11(15)18)16-17-7-2-3-9(12)10(13)4-7/h2-4,16-17H,1H3,(H2,15,18)/b8-6-. The largest absolute Gasteiger partial charge is 0.389 e. The van der Waals surface area contributed by atoms with Gasteiger partial charge in [0, 0.05) is 5.70 Å². The number of benzene rings is 1. The second-order valence-electron chi connectivity index (χ2n) is 3.35.